The predicted octanol–water partition coefficient (Wildman–Crippen LogP) is 0.772. The second-order valence-electron chi connectivity index (χ2n) is 6.02. The lowest BCUT2D eigenvalue weighted by atomic mass is 10.1. The molecule has 2 heterocycles. The summed E-state index contributed by atoms with van der Waals surface area (Å²) in [6.07, 6.45) is 1.25. The van der Waals surface area contributed by atoms with E-state index < -0.39 is 35.0 Å². The summed E-state index contributed by atoms with van der Waals surface area (Å²) in [7, 11) is 0. The first-order valence-electron chi connectivity index (χ1n) is 8.34. The van der Waals surface area contributed by atoms with Crippen molar-refractivity contribution in [3.8, 4) is 0 Å². The van der Waals surface area contributed by atoms with Gasteiger partial charge >= 0.3 is 0 Å². The van der Waals surface area contributed by atoms with E-state index in [1.807, 2.05) is 0 Å². The number of amides is 2. The maximum Gasteiger partial charge on any atom is 0.290 e. The molecule has 0 saturated carbocycles. The van der Waals surface area contributed by atoms with Crippen LogP contribution in [0.4, 0.5) is 14.6 Å². The average Bonchev–Trinajstić information content (AvgIpc) is 3.02. The van der Waals surface area contributed by atoms with Crippen LogP contribution in [0.15, 0.2) is 35.4 Å². The van der Waals surface area contributed by atoms with Gasteiger partial charge in [-0.2, -0.15) is 5.10 Å². The molecule has 0 unspecified atom stereocenters. The monoisotopic (exact) mass is 390 g/mol. The van der Waals surface area contributed by atoms with E-state index in [0.717, 1.165) is 12.1 Å². The number of aromatic nitrogens is 4. The van der Waals surface area contributed by atoms with Crippen LogP contribution in [0.1, 0.15) is 18.9 Å². The molecule has 11 heteroatoms. The van der Waals surface area contributed by atoms with E-state index in [-0.39, 0.29) is 29.7 Å². The van der Waals surface area contributed by atoms with Gasteiger partial charge < -0.3 is 10.6 Å². The lowest BCUT2D eigenvalue weighted by Crippen LogP contribution is -2.44. The highest BCUT2D eigenvalue weighted by atomic mass is 19.1. The van der Waals surface area contributed by atoms with Gasteiger partial charge in [0.1, 0.15) is 29.5 Å². The highest BCUT2D eigenvalue weighted by Gasteiger charge is 2.20. The number of nitrogens with zero attached hydrogens (tertiary/aromatic N) is 3. The van der Waals surface area contributed by atoms with Gasteiger partial charge in [-0.1, -0.05) is 6.92 Å². The first kappa shape index (κ1) is 19.1. The lowest BCUT2D eigenvalue weighted by molar-refractivity contribution is -0.126. The number of H-pyrrole nitrogens is 1. The van der Waals surface area contributed by atoms with Crippen molar-refractivity contribution in [1.82, 2.24) is 25.1 Å². The number of aromatic amines is 1. The third-order valence-electron chi connectivity index (χ3n) is 3.90. The molecule has 0 fully saturated rings. The summed E-state index contributed by atoms with van der Waals surface area (Å²) in [6, 6.07) is 3.27. The number of fused-ring (bicyclic) bond motifs is 1. The number of benzene rings is 1. The molecule has 0 aliphatic carbocycles. The van der Waals surface area contributed by atoms with Gasteiger partial charge in [0.2, 0.25) is 11.8 Å². The lowest BCUT2D eigenvalue weighted by Gasteiger charge is -2.16. The SMILES string of the molecule is CC[C@H](NC(=O)Cc1cc(F)cc(F)c1)C(=O)Nc1cc2c(=O)[nH]ncn2n1. The van der Waals surface area contributed by atoms with Crippen LogP contribution in [0.5, 0.6) is 0 Å². The Kier molecular flexibility index (Phi) is 5.43. The van der Waals surface area contributed by atoms with Crippen LogP contribution >= 0.6 is 0 Å². The number of hydrogen-bond acceptors (Lipinski definition) is 5. The molecule has 1 aromatic carbocycles. The number of nitrogens with one attached hydrogen (secondary N) is 3. The van der Waals surface area contributed by atoms with Gasteiger partial charge in [-0.3, -0.25) is 14.4 Å². The molecule has 2 amide bonds. The number of carbonyl (C=O) groups excluding carboxylic acids is 2. The zero-order valence-corrected chi connectivity index (χ0v) is 14.7. The summed E-state index contributed by atoms with van der Waals surface area (Å²) in [5.74, 6) is -2.58. The predicted molar refractivity (Wildman–Crippen MR) is 94.5 cm³/mol. The minimum Gasteiger partial charge on any atom is -0.344 e. The number of hydrogen-bond donors (Lipinski definition) is 3. The fourth-order valence-corrected chi connectivity index (χ4v) is 2.62. The molecule has 3 N–H and O–H groups in total. The fourth-order valence-electron chi connectivity index (χ4n) is 2.62. The molecular weight excluding hydrogens is 374 g/mol. The first-order valence-corrected chi connectivity index (χ1v) is 8.34. The van der Waals surface area contributed by atoms with Crippen molar-refractivity contribution in [3.05, 3.63) is 58.1 Å². The van der Waals surface area contributed by atoms with Gasteiger partial charge in [0, 0.05) is 12.1 Å². The Bertz CT molecular complexity index is 1070. The average molecular weight is 390 g/mol. The zero-order chi connectivity index (χ0) is 20.3. The van der Waals surface area contributed by atoms with Gasteiger partial charge in [0.05, 0.1) is 6.42 Å². The summed E-state index contributed by atoms with van der Waals surface area (Å²) in [5, 5.41) is 14.9. The normalized spacial score (nSPS) is 12.0. The molecular formula is C17H16F2N6O3. The molecule has 0 radical (unpaired) electrons. The van der Waals surface area contributed by atoms with Crippen LogP contribution in [0.25, 0.3) is 5.52 Å². The molecule has 0 spiro atoms. The van der Waals surface area contributed by atoms with Crippen molar-refractivity contribution in [2.24, 2.45) is 0 Å². The van der Waals surface area contributed by atoms with E-state index in [0.29, 0.717) is 6.07 Å². The van der Waals surface area contributed by atoms with Crippen molar-refractivity contribution in [2.45, 2.75) is 25.8 Å². The molecule has 3 aromatic rings. The Hall–Kier alpha value is -3.63. The summed E-state index contributed by atoms with van der Waals surface area (Å²) < 4.78 is 27.6. The van der Waals surface area contributed by atoms with E-state index in [2.05, 4.69) is 25.9 Å². The van der Waals surface area contributed by atoms with Crippen molar-refractivity contribution in [2.75, 3.05) is 5.32 Å². The summed E-state index contributed by atoms with van der Waals surface area (Å²) in [6.45, 7) is 1.69. The maximum absolute atomic E-state index is 13.2. The maximum atomic E-state index is 13.2. The third kappa shape index (κ3) is 4.37. The Morgan fingerprint density at radius 3 is 2.57 bits per heavy atom. The molecule has 3 rings (SSSR count). The molecule has 0 bridgehead atoms. The highest BCUT2D eigenvalue weighted by Crippen LogP contribution is 2.10. The zero-order valence-electron chi connectivity index (χ0n) is 14.7. The van der Waals surface area contributed by atoms with E-state index in [9.17, 15) is 23.2 Å². The second kappa shape index (κ2) is 7.94. The van der Waals surface area contributed by atoms with Crippen molar-refractivity contribution < 1.29 is 18.4 Å². The van der Waals surface area contributed by atoms with Gasteiger partial charge in [-0.05, 0) is 24.1 Å². The second-order valence-corrected chi connectivity index (χ2v) is 6.02. The Balaban J connectivity index is 1.66. The van der Waals surface area contributed by atoms with Crippen molar-refractivity contribution >= 4 is 23.1 Å². The molecule has 146 valence electrons. The molecule has 1 atom stereocenters. The van der Waals surface area contributed by atoms with Gasteiger partial charge in [0.25, 0.3) is 5.56 Å². The van der Waals surface area contributed by atoms with Crippen molar-refractivity contribution in [3.63, 3.8) is 0 Å². The Morgan fingerprint density at radius 2 is 1.93 bits per heavy atom. The van der Waals surface area contributed by atoms with Crippen LogP contribution in [0.3, 0.4) is 0 Å². The van der Waals surface area contributed by atoms with Crippen LogP contribution in [-0.4, -0.2) is 37.7 Å². The summed E-state index contributed by atoms with van der Waals surface area (Å²) >= 11 is 0. The first-order chi connectivity index (χ1) is 13.4. The summed E-state index contributed by atoms with van der Waals surface area (Å²) in [4.78, 5) is 36.2. The number of rotatable bonds is 6. The quantitative estimate of drug-likeness (QED) is 0.574. The smallest absolute Gasteiger partial charge is 0.290 e. The van der Waals surface area contributed by atoms with E-state index >= 15 is 0 Å². The standard InChI is InChI=1S/C17H16F2N6O3/c1-2-12(21-15(26)5-9-3-10(18)6-11(19)4-9)16(27)22-14-7-13-17(28)23-20-8-25(13)24-14/h3-4,6-8,12H,2,5H2,1H3,(H,21,26)(H,23,28)(H,22,24,27)/t12-/m0/s1. The Labute approximate surface area is 156 Å². The van der Waals surface area contributed by atoms with E-state index in [1.165, 1.54) is 16.9 Å². The number of carbonyl (C=O) groups is 2. The summed E-state index contributed by atoms with van der Waals surface area (Å²) in [5.41, 5.74) is -0.133. The van der Waals surface area contributed by atoms with E-state index in [4.69, 9.17) is 0 Å². The van der Waals surface area contributed by atoms with Crippen molar-refractivity contribution in [1.29, 1.82) is 0 Å². The van der Waals surface area contributed by atoms with Crippen LogP contribution in [0, 0.1) is 11.6 Å². The minimum absolute atomic E-state index is 0.114. The minimum atomic E-state index is -0.896. The molecule has 28 heavy (non-hydrogen) atoms. The molecule has 9 nitrogen and oxygen atoms in total. The van der Waals surface area contributed by atoms with Crippen LogP contribution in [0.2, 0.25) is 0 Å². The molecule has 0 aliphatic rings. The molecule has 0 saturated heterocycles. The fraction of sp³-hybridized carbons (Fsp3) is 0.235. The molecule has 0 aliphatic heterocycles. The topological polar surface area (TPSA) is 121 Å². The Morgan fingerprint density at radius 1 is 1.21 bits per heavy atom. The number of anilines is 1. The van der Waals surface area contributed by atoms with E-state index in [1.54, 1.807) is 6.92 Å². The molecule has 2 aromatic heterocycles. The third-order valence-corrected chi connectivity index (χ3v) is 3.90. The van der Waals surface area contributed by atoms with Gasteiger partial charge in [-0.15, -0.1) is 5.10 Å². The van der Waals surface area contributed by atoms with Crippen LogP contribution in [-0.2, 0) is 16.0 Å². The number of halogens is 2. The van der Waals surface area contributed by atoms with Crippen LogP contribution < -0.4 is 16.2 Å². The van der Waals surface area contributed by atoms with Gasteiger partial charge in [0.15, 0.2) is 5.82 Å². The largest absolute Gasteiger partial charge is 0.344 e. The van der Waals surface area contributed by atoms with Gasteiger partial charge in [-0.25, -0.2) is 18.4 Å². The highest BCUT2D eigenvalue weighted by molar-refractivity contribution is 5.97.